The number of rotatable bonds is 13. The molecule has 0 saturated carbocycles. The normalized spacial score (nSPS) is 12.2. The van der Waals surface area contributed by atoms with E-state index in [1.54, 1.807) is 36.4 Å². The van der Waals surface area contributed by atoms with Crippen LogP contribution >= 0.6 is 0 Å². The Hall–Kier alpha value is -4.28. The number of furan rings is 1. The number of carbonyl (C=O) groups is 2. The highest BCUT2D eigenvalue weighted by Gasteiger charge is 2.33. The maximum atomic E-state index is 14.0. The van der Waals surface area contributed by atoms with Crippen LogP contribution in [0.3, 0.4) is 0 Å². The second kappa shape index (κ2) is 13.9. The van der Waals surface area contributed by atoms with E-state index >= 15 is 0 Å². The molecule has 0 aliphatic rings. The molecular weight excluding hydrogens is 545 g/mol. The molecule has 0 saturated heterocycles. The molecule has 0 bridgehead atoms. The average Bonchev–Trinajstić information content (AvgIpc) is 3.49. The number of hydrogen-bond donors (Lipinski definition) is 1. The van der Waals surface area contributed by atoms with E-state index in [9.17, 15) is 22.4 Å². The van der Waals surface area contributed by atoms with Gasteiger partial charge in [-0.05, 0) is 41.0 Å². The lowest BCUT2D eigenvalue weighted by atomic mass is 10.0. The first-order chi connectivity index (χ1) is 19.7. The fourth-order valence-corrected chi connectivity index (χ4v) is 5.09. The van der Waals surface area contributed by atoms with Gasteiger partial charge in [0.05, 0.1) is 25.6 Å². The molecule has 1 aromatic heterocycles. The molecule has 1 atom stereocenters. The highest BCUT2D eigenvalue weighted by atomic mass is 32.2. The summed E-state index contributed by atoms with van der Waals surface area (Å²) in [4.78, 5) is 29.0. The third kappa shape index (κ3) is 8.86. The summed E-state index contributed by atoms with van der Waals surface area (Å²) in [6.45, 7) is -0.414. The first-order valence-corrected chi connectivity index (χ1v) is 14.9. The fourth-order valence-electron chi connectivity index (χ4n) is 4.36. The Morgan fingerprint density at radius 1 is 0.829 bits per heavy atom. The molecule has 10 heteroatoms. The van der Waals surface area contributed by atoms with Gasteiger partial charge in [0.2, 0.25) is 21.8 Å². The zero-order valence-corrected chi connectivity index (χ0v) is 23.5. The lowest BCUT2D eigenvalue weighted by Gasteiger charge is -2.33. The predicted molar refractivity (Wildman–Crippen MR) is 153 cm³/mol. The van der Waals surface area contributed by atoms with E-state index in [1.807, 2.05) is 36.4 Å². The van der Waals surface area contributed by atoms with Gasteiger partial charge in [-0.3, -0.25) is 9.59 Å². The Morgan fingerprint density at radius 2 is 1.44 bits per heavy atom. The first-order valence-electron chi connectivity index (χ1n) is 13.1. The van der Waals surface area contributed by atoms with Crippen molar-refractivity contribution in [1.82, 2.24) is 14.5 Å². The predicted octanol–water partition coefficient (Wildman–Crippen LogP) is 4.14. The maximum Gasteiger partial charge on any atom is 0.243 e. The number of carbonyl (C=O) groups excluding carboxylic acids is 2. The van der Waals surface area contributed by atoms with Gasteiger partial charge in [0.1, 0.15) is 17.6 Å². The van der Waals surface area contributed by atoms with Crippen molar-refractivity contribution in [3.63, 3.8) is 0 Å². The van der Waals surface area contributed by atoms with E-state index in [2.05, 4.69) is 5.32 Å². The van der Waals surface area contributed by atoms with Gasteiger partial charge in [0.25, 0.3) is 0 Å². The molecule has 0 radical (unpaired) electrons. The van der Waals surface area contributed by atoms with Gasteiger partial charge in [-0.1, -0.05) is 72.8 Å². The van der Waals surface area contributed by atoms with Crippen LogP contribution in [-0.4, -0.2) is 48.3 Å². The van der Waals surface area contributed by atoms with Crippen molar-refractivity contribution >= 4 is 21.8 Å². The molecule has 0 fully saturated rings. The number of nitrogens with one attached hydrogen (secondary N) is 1. The van der Waals surface area contributed by atoms with E-state index in [0.29, 0.717) is 16.9 Å². The second-order valence-corrected chi connectivity index (χ2v) is 11.6. The van der Waals surface area contributed by atoms with Gasteiger partial charge < -0.3 is 14.6 Å². The molecule has 0 spiro atoms. The summed E-state index contributed by atoms with van der Waals surface area (Å²) in [5.41, 5.74) is 2.12. The molecule has 2 amide bonds. The van der Waals surface area contributed by atoms with Gasteiger partial charge in [0, 0.05) is 19.5 Å². The summed E-state index contributed by atoms with van der Waals surface area (Å²) in [7, 11) is -3.79. The fraction of sp³-hybridized carbons (Fsp3) is 0.226. The summed E-state index contributed by atoms with van der Waals surface area (Å²) in [6.07, 6.45) is 2.72. The molecule has 214 valence electrons. The smallest absolute Gasteiger partial charge is 0.243 e. The van der Waals surface area contributed by atoms with Crippen molar-refractivity contribution in [2.24, 2.45) is 0 Å². The lowest BCUT2D eigenvalue weighted by molar-refractivity contribution is -0.141. The first kappa shape index (κ1) is 29.7. The third-order valence-electron chi connectivity index (χ3n) is 6.54. The summed E-state index contributed by atoms with van der Waals surface area (Å²) >= 11 is 0. The standard InChI is InChI=1S/C31H32FN3O5S/c1-41(38,39)34(21-25-11-6-3-7-12-25)23-30(36)35(22-26-14-16-27(32)17-15-26)29(19-24-9-4-2-5-10-24)31(37)33-20-28-13-8-18-40-28/h2-18,29H,19-23H2,1H3,(H,33,37). The molecule has 0 aliphatic carbocycles. The van der Waals surface area contributed by atoms with Crippen LogP contribution in [0.5, 0.6) is 0 Å². The molecule has 41 heavy (non-hydrogen) atoms. The Bertz CT molecular complexity index is 1510. The zero-order chi connectivity index (χ0) is 29.2. The van der Waals surface area contributed by atoms with Crippen LogP contribution in [0.15, 0.2) is 108 Å². The number of benzene rings is 3. The zero-order valence-electron chi connectivity index (χ0n) is 22.6. The van der Waals surface area contributed by atoms with E-state index in [0.717, 1.165) is 16.1 Å². The maximum absolute atomic E-state index is 14.0. The highest BCUT2D eigenvalue weighted by Crippen LogP contribution is 2.18. The highest BCUT2D eigenvalue weighted by molar-refractivity contribution is 7.88. The molecule has 4 aromatic rings. The lowest BCUT2D eigenvalue weighted by Crippen LogP contribution is -2.53. The van der Waals surface area contributed by atoms with Crippen molar-refractivity contribution < 1.29 is 26.8 Å². The Morgan fingerprint density at radius 3 is 2.02 bits per heavy atom. The molecule has 3 aromatic carbocycles. The Labute approximate surface area is 239 Å². The third-order valence-corrected chi connectivity index (χ3v) is 7.73. The molecular formula is C31H32FN3O5S. The van der Waals surface area contributed by atoms with Crippen molar-refractivity contribution in [3.8, 4) is 0 Å². The summed E-state index contributed by atoms with van der Waals surface area (Å²) < 4.78 is 45.6. The Balaban J connectivity index is 1.67. The van der Waals surface area contributed by atoms with Crippen LogP contribution in [0, 0.1) is 5.82 Å². The van der Waals surface area contributed by atoms with Crippen LogP contribution in [0.25, 0.3) is 0 Å². The minimum Gasteiger partial charge on any atom is -0.467 e. The summed E-state index contributed by atoms with van der Waals surface area (Å²) in [6, 6.07) is 26.2. The largest absolute Gasteiger partial charge is 0.467 e. The number of halogens is 1. The Kier molecular flexibility index (Phi) is 10.0. The molecule has 1 N–H and O–H groups in total. The van der Waals surface area contributed by atoms with E-state index in [4.69, 9.17) is 4.42 Å². The van der Waals surface area contributed by atoms with E-state index in [-0.39, 0.29) is 26.1 Å². The van der Waals surface area contributed by atoms with Gasteiger partial charge in [0.15, 0.2) is 0 Å². The topological polar surface area (TPSA) is 99.9 Å². The molecule has 8 nitrogen and oxygen atoms in total. The number of sulfonamides is 1. The van der Waals surface area contributed by atoms with E-state index < -0.39 is 40.2 Å². The van der Waals surface area contributed by atoms with E-state index in [1.165, 1.54) is 35.4 Å². The van der Waals surface area contributed by atoms with Gasteiger partial charge in [-0.2, -0.15) is 4.31 Å². The van der Waals surface area contributed by atoms with Gasteiger partial charge in [-0.25, -0.2) is 12.8 Å². The second-order valence-electron chi connectivity index (χ2n) is 9.67. The number of nitrogens with zero attached hydrogens (tertiary/aromatic N) is 2. The van der Waals surface area contributed by atoms with Crippen molar-refractivity contribution in [2.45, 2.75) is 32.1 Å². The monoisotopic (exact) mass is 577 g/mol. The number of amides is 2. The van der Waals surface area contributed by atoms with Crippen LogP contribution in [0.2, 0.25) is 0 Å². The van der Waals surface area contributed by atoms with Gasteiger partial charge in [-0.15, -0.1) is 0 Å². The average molecular weight is 578 g/mol. The van der Waals surface area contributed by atoms with Crippen molar-refractivity contribution in [3.05, 3.63) is 132 Å². The molecule has 1 heterocycles. The van der Waals surface area contributed by atoms with Crippen molar-refractivity contribution in [2.75, 3.05) is 12.8 Å². The van der Waals surface area contributed by atoms with Crippen LogP contribution < -0.4 is 5.32 Å². The number of hydrogen-bond acceptors (Lipinski definition) is 5. The minimum atomic E-state index is -3.79. The van der Waals surface area contributed by atoms with Gasteiger partial charge >= 0.3 is 0 Å². The molecule has 0 aliphatic heterocycles. The molecule has 1 unspecified atom stereocenters. The van der Waals surface area contributed by atoms with Crippen LogP contribution in [0.1, 0.15) is 22.5 Å². The van der Waals surface area contributed by atoms with Crippen LogP contribution in [-0.2, 0) is 45.7 Å². The quantitative estimate of drug-likeness (QED) is 0.258. The minimum absolute atomic E-state index is 0.0101. The van der Waals surface area contributed by atoms with Crippen molar-refractivity contribution in [1.29, 1.82) is 0 Å². The summed E-state index contributed by atoms with van der Waals surface area (Å²) in [5.74, 6) is -0.895. The molecule has 4 rings (SSSR count). The SMILES string of the molecule is CS(=O)(=O)N(CC(=O)N(Cc1ccc(F)cc1)C(Cc1ccccc1)C(=O)NCc1ccco1)Cc1ccccc1. The summed E-state index contributed by atoms with van der Waals surface area (Å²) in [5, 5.41) is 2.84. The van der Waals surface area contributed by atoms with Crippen LogP contribution in [0.4, 0.5) is 4.39 Å².